The summed E-state index contributed by atoms with van der Waals surface area (Å²) in [5.74, 6) is 0. The van der Waals surface area contributed by atoms with E-state index in [1.165, 1.54) is 5.69 Å². The quantitative estimate of drug-likeness (QED) is 0.833. The van der Waals surface area contributed by atoms with Crippen LogP contribution in [0.25, 0.3) is 0 Å². The monoisotopic (exact) mass is 220 g/mol. The van der Waals surface area contributed by atoms with Crippen LogP contribution in [-0.4, -0.2) is 24.7 Å². The van der Waals surface area contributed by atoms with Crippen molar-refractivity contribution in [1.29, 1.82) is 0 Å². The molecule has 0 bridgehead atoms. The maximum absolute atomic E-state index is 9.37. The number of nitrogens with zero attached hydrogens (tertiary/aromatic N) is 4. The van der Waals surface area contributed by atoms with Crippen LogP contribution in [0.15, 0.2) is 24.7 Å². The third kappa shape index (κ3) is 2.30. The summed E-state index contributed by atoms with van der Waals surface area (Å²) in [6.45, 7) is 2.54. The van der Waals surface area contributed by atoms with Crippen molar-refractivity contribution in [2.75, 3.05) is 0 Å². The number of hydrogen-bond acceptors (Lipinski definition) is 3. The maximum atomic E-state index is 9.37. The summed E-state index contributed by atoms with van der Waals surface area (Å²) in [5.41, 5.74) is 2.03. The molecule has 2 heterocycles. The van der Waals surface area contributed by atoms with Crippen molar-refractivity contribution in [1.82, 2.24) is 19.6 Å². The lowest BCUT2D eigenvalue weighted by molar-refractivity contribution is 0.199. The van der Waals surface area contributed by atoms with Gasteiger partial charge in [-0.25, -0.2) is 0 Å². The van der Waals surface area contributed by atoms with Gasteiger partial charge in [-0.1, -0.05) is 0 Å². The first-order valence-electron chi connectivity index (χ1n) is 5.34. The van der Waals surface area contributed by atoms with Gasteiger partial charge in [0, 0.05) is 43.7 Å². The molecule has 0 aliphatic carbocycles. The summed E-state index contributed by atoms with van der Waals surface area (Å²) >= 11 is 0. The van der Waals surface area contributed by atoms with Gasteiger partial charge in [0.15, 0.2) is 0 Å². The Bertz CT molecular complexity index is 458. The van der Waals surface area contributed by atoms with Gasteiger partial charge in [0.1, 0.15) is 0 Å². The standard InChI is InChI=1S/C11H16N4O/c1-9(16)10-7-13-15(8-10)6-4-11-3-5-12-14(11)2/h3,5,7-9,16H,4,6H2,1-2H3. The van der Waals surface area contributed by atoms with Crippen molar-refractivity contribution in [2.45, 2.75) is 26.0 Å². The van der Waals surface area contributed by atoms with E-state index >= 15 is 0 Å². The molecule has 0 saturated heterocycles. The Hall–Kier alpha value is -1.62. The Morgan fingerprint density at radius 1 is 1.44 bits per heavy atom. The molecule has 2 aromatic heterocycles. The summed E-state index contributed by atoms with van der Waals surface area (Å²) in [6.07, 6.45) is 5.80. The molecule has 0 saturated carbocycles. The van der Waals surface area contributed by atoms with Gasteiger partial charge in [0.25, 0.3) is 0 Å². The smallest absolute Gasteiger partial charge is 0.0792 e. The lowest BCUT2D eigenvalue weighted by atomic mass is 10.2. The summed E-state index contributed by atoms with van der Waals surface area (Å²) in [5, 5.41) is 17.7. The van der Waals surface area contributed by atoms with Gasteiger partial charge in [-0.15, -0.1) is 0 Å². The highest BCUT2D eigenvalue weighted by molar-refractivity contribution is 5.07. The molecule has 0 amide bonds. The molecule has 0 radical (unpaired) electrons. The molecule has 0 aliphatic rings. The molecular formula is C11H16N4O. The van der Waals surface area contributed by atoms with Gasteiger partial charge < -0.3 is 5.11 Å². The molecule has 0 fully saturated rings. The molecule has 0 aromatic carbocycles. The van der Waals surface area contributed by atoms with Gasteiger partial charge in [-0.3, -0.25) is 9.36 Å². The molecule has 0 aliphatic heterocycles. The Morgan fingerprint density at radius 3 is 2.81 bits per heavy atom. The topological polar surface area (TPSA) is 55.9 Å². The minimum atomic E-state index is -0.453. The van der Waals surface area contributed by atoms with E-state index in [-0.39, 0.29) is 0 Å². The van der Waals surface area contributed by atoms with E-state index in [0.717, 1.165) is 18.5 Å². The van der Waals surface area contributed by atoms with Crippen LogP contribution in [0.5, 0.6) is 0 Å². The highest BCUT2D eigenvalue weighted by atomic mass is 16.3. The zero-order valence-electron chi connectivity index (χ0n) is 9.54. The lowest BCUT2D eigenvalue weighted by Gasteiger charge is -2.02. The number of aliphatic hydroxyl groups excluding tert-OH is 1. The summed E-state index contributed by atoms with van der Waals surface area (Å²) in [4.78, 5) is 0. The number of aromatic nitrogens is 4. The van der Waals surface area contributed by atoms with E-state index in [2.05, 4.69) is 10.2 Å². The fourth-order valence-corrected chi connectivity index (χ4v) is 1.59. The molecule has 1 atom stereocenters. The molecule has 86 valence electrons. The van der Waals surface area contributed by atoms with Gasteiger partial charge >= 0.3 is 0 Å². The highest BCUT2D eigenvalue weighted by Crippen LogP contribution is 2.10. The number of hydrogen-bond donors (Lipinski definition) is 1. The lowest BCUT2D eigenvalue weighted by Crippen LogP contribution is -2.05. The van der Waals surface area contributed by atoms with Crippen LogP contribution >= 0.6 is 0 Å². The van der Waals surface area contributed by atoms with Crippen LogP contribution in [0, 0.1) is 0 Å². The molecule has 2 rings (SSSR count). The summed E-state index contributed by atoms with van der Waals surface area (Å²) < 4.78 is 3.70. The first-order chi connectivity index (χ1) is 7.66. The maximum Gasteiger partial charge on any atom is 0.0792 e. The normalized spacial score (nSPS) is 12.9. The Kier molecular flexibility index (Phi) is 3.05. The average Bonchev–Trinajstić information content (AvgIpc) is 2.83. The molecule has 1 unspecified atom stereocenters. The number of rotatable bonds is 4. The molecule has 5 nitrogen and oxygen atoms in total. The number of aliphatic hydroxyl groups is 1. The largest absolute Gasteiger partial charge is 0.389 e. The Balaban J connectivity index is 1.97. The average molecular weight is 220 g/mol. The second-order valence-electron chi connectivity index (χ2n) is 3.91. The SMILES string of the molecule is CC(O)c1cnn(CCc2ccnn2C)c1. The molecule has 1 N–H and O–H groups in total. The van der Waals surface area contributed by atoms with Crippen molar-refractivity contribution in [2.24, 2.45) is 7.05 Å². The molecular weight excluding hydrogens is 204 g/mol. The van der Waals surface area contributed by atoms with Crippen LogP contribution in [0.4, 0.5) is 0 Å². The third-order valence-electron chi connectivity index (χ3n) is 2.66. The third-order valence-corrected chi connectivity index (χ3v) is 2.66. The van der Waals surface area contributed by atoms with Crippen molar-refractivity contribution in [3.8, 4) is 0 Å². The van der Waals surface area contributed by atoms with Gasteiger partial charge in [0.2, 0.25) is 0 Å². The van der Waals surface area contributed by atoms with E-state index < -0.39 is 6.10 Å². The van der Waals surface area contributed by atoms with Gasteiger partial charge in [-0.2, -0.15) is 10.2 Å². The van der Waals surface area contributed by atoms with Crippen molar-refractivity contribution in [3.05, 3.63) is 35.9 Å². The van der Waals surface area contributed by atoms with Crippen molar-refractivity contribution in [3.63, 3.8) is 0 Å². The Morgan fingerprint density at radius 2 is 2.25 bits per heavy atom. The first-order valence-corrected chi connectivity index (χ1v) is 5.34. The van der Waals surface area contributed by atoms with Crippen molar-refractivity contribution < 1.29 is 5.11 Å². The van der Waals surface area contributed by atoms with Crippen LogP contribution in [0.2, 0.25) is 0 Å². The molecule has 0 spiro atoms. The summed E-state index contributed by atoms with van der Waals surface area (Å²) in [7, 11) is 1.93. The fraction of sp³-hybridized carbons (Fsp3) is 0.455. The second-order valence-corrected chi connectivity index (χ2v) is 3.91. The van der Waals surface area contributed by atoms with Crippen LogP contribution < -0.4 is 0 Å². The minimum absolute atomic E-state index is 0.453. The zero-order chi connectivity index (χ0) is 11.5. The van der Waals surface area contributed by atoms with E-state index in [4.69, 9.17) is 0 Å². The van der Waals surface area contributed by atoms with Gasteiger partial charge in [-0.05, 0) is 13.0 Å². The zero-order valence-corrected chi connectivity index (χ0v) is 9.54. The van der Waals surface area contributed by atoms with Crippen molar-refractivity contribution >= 4 is 0 Å². The Labute approximate surface area is 94.3 Å². The van der Waals surface area contributed by atoms with E-state index in [1.54, 1.807) is 19.3 Å². The van der Waals surface area contributed by atoms with Crippen LogP contribution in [0.1, 0.15) is 24.3 Å². The summed E-state index contributed by atoms with van der Waals surface area (Å²) in [6, 6.07) is 2.00. The molecule has 16 heavy (non-hydrogen) atoms. The highest BCUT2D eigenvalue weighted by Gasteiger charge is 2.04. The fourth-order valence-electron chi connectivity index (χ4n) is 1.59. The first kappa shape index (κ1) is 10.9. The minimum Gasteiger partial charge on any atom is -0.389 e. The van der Waals surface area contributed by atoms with Crippen LogP contribution in [-0.2, 0) is 20.0 Å². The predicted octanol–water partition coefficient (Wildman–Crippen LogP) is 0.913. The van der Waals surface area contributed by atoms with E-state index in [1.807, 2.05) is 28.7 Å². The van der Waals surface area contributed by atoms with E-state index in [9.17, 15) is 5.11 Å². The van der Waals surface area contributed by atoms with Gasteiger partial charge in [0.05, 0.1) is 12.3 Å². The molecule has 5 heteroatoms. The van der Waals surface area contributed by atoms with E-state index in [0.29, 0.717) is 0 Å². The molecule has 2 aromatic rings. The predicted molar refractivity (Wildman–Crippen MR) is 59.8 cm³/mol. The van der Waals surface area contributed by atoms with Crippen LogP contribution in [0.3, 0.4) is 0 Å². The number of aryl methyl sites for hydroxylation is 3. The second kappa shape index (κ2) is 4.49.